The monoisotopic (exact) mass is 400 g/mol. The topological polar surface area (TPSA) is 74.8 Å². The third-order valence-corrected chi connectivity index (χ3v) is 5.01. The van der Waals surface area contributed by atoms with Gasteiger partial charge in [-0.3, -0.25) is 19.5 Å². The zero-order valence-electron chi connectivity index (χ0n) is 16.6. The number of halogens is 1. The van der Waals surface area contributed by atoms with Gasteiger partial charge in [-0.05, 0) is 17.7 Å². The lowest BCUT2D eigenvalue weighted by atomic mass is 10.1. The van der Waals surface area contributed by atoms with Crippen LogP contribution in [0.4, 0.5) is 4.39 Å². The molecule has 1 aromatic heterocycles. The number of nitrogens with one attached hydrogen (secondary N) is 1. The van der Waals surface area contributed by atoms with E-state index in [-0.39, 0.29) is 24.8 Å². The molecule has 3 rings (SSSR count). The Balaban J connectivity index is 1.68. The van der Waals surface area contributed by atoms with E-state index in [2.05, 4.69) is 10.3 Å². The molecule has 7 nitrogen and oxygen atoms in total. The van der Waals surface area contributed by atoms with Crippen LogP contribution in [0.1, 0.15) is 17.5 Å². The smallest absolute Gasteiger partial charge is 0.237 e. The quantitative estimate of drug-likeness (QED) is 0.764. The van der Waals surface area contributed by atoms with Crippen molar-refractivity contribution in [3.05, 3.63) is 59.7 Å². The second kappa shape index (κ2) is 9.47. The molecule has 8 heteroatoms. The molecule has 1 saturated heterocycles. The van der Waals surface area contributed by atoms with Crippen molar-refractivity contribution in [2.75, 3.05) is 27.2 Å². The lowest BCUT2D eigenvalue weighted by Gasteiger charge is -2.35. The summed E-state index contributed by atoms with van der Waals surface area (Å²) in [5.74, 6) is -0.329. The van der Waals surface area contributed by atoms with Gasteiger partial charge >= 0.3 is 0 Å². The van der Waals surface area contributed by atoms with Gasteiger partial charge in [0.2, 0.25) is 11.8 Å². The van der Waals surface area contributed by atoms with Crippen molar-refractivity contribution in [1.82, 2.24) is 20.1 Å². The van der Waals surface area contributed by atoms with Crippen LogP contribution in [0.5, 0.6) is 5.75 Å². The number of pyridine rings is 1. The number of aromatic nitrogens is 1. The molecule has 29 heavy (non-hydrogen) atoms. The standard InChI is InChI=1S/C21H25FN4O3/c1-25(13-15-4-3-7-23-12-15)20(27)11-19-21(28)24-8-9-26(19)14-16-5-6-17(29-2)10-18(16)22/h3-7,10,12,19H,8-9,11,13-14H2,1-2H3,(H,24,28). The summed E-state index contributed by atoms with van der Waals surface area (Å²) in [6, 6.07) is 7.71. The first-order chi connectivity index (χ1) is 14.0. The molecule has 1 atom stereocenters. The first-order valence-corrected chi connectivity index (χ1v) is 9.45. The summed E-state index contributed by atoms with van der Waals surface area (Å²) in [7, 11) is 3.18. The number of rotatable bonds is 7. The van der Waals surface area contributed by atoms with E-state index in [1.54, 1.807) is 36.5 Å². The van der Waals surface area contributed by atoms with E-state index in [0.29, 0.717) is 30.9 Å². The van der Waals surface area contributed by atoms with Gasteiger partial charge < -0.3 is 15.0 Å². The number of carbonyl (C=O) groups excluding carboxylic acids is 2. The molecule has 1 fully saturated rings. The molecule has 1 N–H and O–H groups in total. The number of ether oxygens (including phenoxy) is 1. The Hall–Kier alpha value is -3.00. The summed E-state index contributed by atoms with van der Waals surface area (Å²) >= 11 is 0. The second-order valence-electron chi connectivity index (χ2n) is 7.05. The summed E-state index contributed by atoms with van der Waals surface area (Å²) in [6.07, 6.45) is 3.41. The molecular weight excluding hydrogens is 375 g/mol. The van der Waals surface area contributed by atoms with Crippen LogP contribution < -0.4 is 10.1 Å². The Morgan fingerprint density at radius 2 is 2.24 bits per heavy atom. The molecule has 1 aliphatic rings. The van der Waals surface area contributed by atoms with Gasteiger partial charge in [-0.15, -0.1) is 0 Å². The molecule has 1 unspecified atom stereocenters. The van der Waals surface area contributed by atoms with Crippen molar-refractivity contribution in [3.63, 3.8) is 0 Å². The highest BCUT2D eigenvalue weighted by molar-refractivity contribution is 5.88. The Bertz CT molecular complexity index is 862. The fraction of sp³-hybridized carbons (Fsp3) is 0.381. The van der Waals surface area contributed by atoms with Crippen LogP contribution in [-0.4, -0.2) is 59.9 Å². The predicted octanol–water partition coefficient (Wildman–Crippen LogP) is 1.58. The van der Waals surface area contributed by atoms with E-state index < -0.39 is 11.9 Å². The number of piperazine rings is 1. The highest BCUT2D eigenvalue weighted by Crippen LogP contribution is 2.20. The molecule has 154 valence electrons. The van der Waals surface area contributed by atoms with Gasteiger partial charge in [0.05, 0.1) is 19.6 Å². The lowest BCUT2D eigenvalue weighted by molar-refractivity contribution is -0.138. The largest absolute Gasteiger partial charge is 0.497 e. The molecule has 0 saturated carbocycles. The zero-order valence-corrected chi connectivity index (χ0v) is 16.6. The minimum Gasteiger partial charge on any atom is -0.497 e. The molecule has 0 spiro atoms. The molecule has 0 radical (unpaired) electrons. The molecular formula is C21H25FN4O3. The van der Waals surface area contributed by atoms with Crippen LogP contribution in [0.2, 0.25) is 0 Å². The van der Waals surface area contributed by atoms with Gasteiger partial charge in [0, 0.05) is 57.3 Å². The summed E-state index contributed by atoms with van der Waals surface area (Å²) < 4.78 is 19.4. The van der Waals surface area contributed by atoms with Crippen molar-refractivity contribution < 1.29 is 18.7 Å². The third kappa shape index (κ3) is 5.29. The van der Waals surface area contributed by atoms with Gasteiger partial charge in [0.1, 0.15) is 11.6 Å². The number of nitrogens with zero attached hydrogens (tertiary/aromatic N) is 3. The van der Waals surface area contributed by atoms with Crippen molar-refractivity contribution in [1.29, 1.82) is 0 Å². The molecule has 1 aromatic carbocycles. The fourth-order valence-electron chi connectivity index (χ4n) is 3.35. The Kier molecular flexibility index (Phi) is 6.77. The number of benzene rings is 1. The first kappa shape index (κ1) is 20.7. The third-order valence-electron chi connectivity index (χ3n) is 5.01. The molecule has 2 amide bonds. The minimum absolute atomic E-state index is 0.0281. The number of methoxy groups -OCH3 is 1. The van der Waals surface area contributed by atoms with Gasteiger partial charge in [-0.1, -0.05) is 12.1 Å². The lowest BCUT2D eigenvalue weighted by Crippen LogP contribution is -2.56. The maximum Gasteiger partial charge on any atom is 0.237 e. The maximum atomic E-state index is 14.4. The predicted molar refractivity (Wildman–Crippen MR) is 105 cm³/mol. The summed E-state index contributed by atoms with van der Waals surface area (Å²) in [6.45, 7) is 1.66. The van der Waals surface area contributed by atoms with Crippen molar-refractivity contribution in [2.24, 2.45) is 0 Å². The minimum atomic E-state index is -0.644. The second-order valence-corrected chi connectivity index (χ2v) is 7.05. The molecule has 0 aliphatic carbocycles. The summed E-state index contributed by atoms with van der Waals surface area (Å²) in [5.41, 5.74) is 1.37. The van der Waals surface area contributed by atoms with E-state index in [0.717, 1.165) is 5.56 Å². The summed E-state index contributed by atoms with van der Waals surface area (Å²) in [4.78, 5) is 32.6. The van der Waals surface area contributed by atoms with E-state index in [9.17, 15) is 14.0 Å². The highest BCUT2D eigenvalue weighted by Gasteiger charge is 2.32. The van der Waals surface area contributed by atoms with E-state index in [1.807, 2.05) is 17.0 Å². The molecule has 0 bridgehead atoms. The van der Waals surface area contributed by atoms with Crippen LogP contribution in [-0.2, 0) is 22.7 Å². The van der Waals surface area contributed by atoms with Gasteiger partial charge in [-0.2, -0.15) is 0 Å². The van der Waals surface area contributed by atoms with Gasteiger partial charge in [0.25, 0.3) is 0 Å². The normalized spacial score (nSPS) is 16.9. The summed E-state index contributed by atoms with van der Waals surface area (Å²) in [5, 5.41) is 2.80. The maximum absolute atomic E-state index is 14.4. The molecule has 2 aromatic rings. The van der Waals surface area contributed by atoms with Crippen LogP contribution in [0.3, 0.4) is 0 Å². The Morgan fingerprint density at radius 3 is 2.93 bits per heavy atom. The SMILES string of the molecule is COc1ccc(CN2CCNC(=O)C2CC(=O)N(C)Cc2cccnc2)c(F)c1. The first-order valence-electron chi connectivity index (χ1n) is 9.45. The van der Waals surface area contributed by atoms with Gasteiger partial charge in [-0.25, -0.2) is 4.39 Å². The van der Waals surface area contributed by atoms with E-state index in [1.165, 1.54) is 13.2 Å². The number of amides is 2. The molecule has 2 heterocycles. The van der Waals surface area contributed by atoms with Crippen molar-refractivity contribution in [2.45, 2.75) is 25.6 Å². The van der Waals surface area contributed by atoms with Crippen LogP contribution in [0.15, 0.2) is 42.7 Å². The van der Waals surface area contributed by atoms with Crippen LogP contribution in [0.25, 0.3) is 0 Å². The molecule has 1 aliphatic heterocycles. The van der Waals surface area contributed by atoms with Crippen molar-refractivity contribution >= 4 is 11.8 Å². The Morgan fingerprint density at radius 1 is 1.41 bits per heavy atom. The fourth-order valence-corrected chi connectivity index (χ4v) is 3.35. The van der Waals surface area contributed by atoms with E-state index in [4.69, 9.17) is 4.74 Å². The average molecular weight is 400 g/mol. The van der Waals surface area contributed by atoms with Crippen LogP contribution >= 0.6 is 0 Å². The number of hydrogen-bond acceptors (Lipinski definition) is 5. The highest BCUT2D eigenvalue weighted by atomic mass is 19.1. The van der Waals surface area contributed by atoms with E-state index >= 15 is 0 Å². The zero-order chi connectivity index (χ0) is 20.8. The Labute approximate surface area is 169 Å². The van der Waals surface area contributed by atoms with Crippen molar-refractivity contribution in [3.8, 4) is 5.75 Å². The van der Waals surface area contributed by atoms with Crippen LogP contribution in [0, 0.1) is 5.82 Å². The number of hydrogen-bond donors (Lipinski definition) is 1. The van der Waals surface area contributed by atoms with Gasteiger partial charge in [0.15, 0.2) is 0 Å². The average Bonchev–Trinajstić information content (AvgIpc) is 2.72. The number of carbonyl (C=O) groups is 2.